The van der Waals surface area contributed by atoms with Gasteiger partial charge in [0.2, 0.25) is 5.88 Å². The van der Waals surface area contributed by atoms with Crippen molar-refractivity contribution in [3.05, 3.63) is 143 Å². The molecule has 1 N–H and O–H groups in total. The summed E-state index contributed by atoms with van der Waals surface area (Å²) in [7, 11) is 0. The van der Waals surface area contributed by atoms with E-state index in [0.717, 1.165) is 18.2 Å². The van der Waals surface area contributed by atoms with Crippen molar-refractivity contribution in [2.24, 2.45) is 0 Å². The molecule has 0 unspecified atom stereocenters. The van der Waals surface area contributed by atoms with Crippen molar-refractivity contribution in [3.63, 3.8) is 0 Å². The minimum Gasteiger partial charge on any atom is -0.492 e. The maximum Gasteiger partial charge on any atom is 0.335 e. The van der Waals surface area contributed by atoms with Gasteiger partial charge in [-0.3, -0.25) is 0 Å². The molecular weight excluding hydrogens is 609 g/mol. The Morgan fingerprint density at radius 3 is 2.40 bits per heavy atom. The van der Waals surface area contributed by atoms with Crippen LogP contribution in [0.2, 0.25) is 0 Å². The number of rotatable bonds is 11. The first kappa shape index (κ1) is 30.9. The first-order valence-corrected chi connectivity index (χ1v) is 14.5. The second kappa shape index (κ2) is 13.5. The standard InChI is InChI=1S/C36H25F3N4O4/c37-28-15-22(20-40)9-10-24(28)21-47-35-8-4-7-31(42-35)27-19-29(38)25(16-30(27)39)18-34-41-32-12-11-23(36(44)45)17-33(32)43(34)13-14-46-26-5-2-1-3-6-26/h1-12,15-17,19H,13-14,18,21H2,(H,44,45). The number of hydrogen-bond donors (Lipinski definition) is 1. The number of para-hydroxylation sites is 1. The number of aromatic nitrogens is 3. The predicted molar refractivity (Wildman–Crippen MR) is 166 cm³/mol. The lowest BCUT2D eigenvalue weighted by molar-refractivity contribution is 0.0697. The Balaban J connectivity index is 1.25. The second-order valence-electron chi connectivity index (χ2n) is 10.5. The van der Waals surface area contributed by atoms with E-state index in [9.17, 15) is 14.3 Å². The van der Waals surface area contributed by atoms with Gasteiger partial charge in [0.15, 0.2) is 0 Å². The minimum absolute atomic E-state index is 0.0361. The average molecular weight is 635 g/mol. The van der Waals surface area contributed by atoms with Crippen LogP contribution in [0.15, 0.2) is 97.1 Å². The van der Waals surface area contributed by atoms with Crippen molar-refractivity contribution in [1.82, 2.24) is 14.5 Å². The third-order valence-electron chi connectivity index (χ3n) is 7.44. The zero-order chi connectivity index (χ0) is 32.9. The highest BCUT2D eigenvalue weighted by Crippen LogP contribution is 2.28. The Hall–Kier alpha value is -6.15. The van der Waals surface area contributed by atoms with E-state index in [0.29, 0.717) is 22.6 Å². The number of aromatic carboxylic acids is 1. The van der Waals surface area contributed by atoms with Crippen LogP contribution >= 0.6 is 0 Å². The van der Waals surface area contributed by atoms with E-state index in [1.54, 1.807) is 28.8 Å². The zero-order valence-electron chi connectivity index (χ0n) is 24.7. The molecule has 6 aromatic rings. The van der Waals surface area contributed by atoms with Crippen LogP contribution in [0.25, 0.3) is 22.3 Å². The Morgan fingerprint density at radius 1 is 0.830 bits per heavy atom. The molecule has 0 saturated heterocycles. The Kier molecular flexibility index (Phi) is 8.84. The molecule has 234 valence electrons. The van der Waals surface area contributed by atoms with Crippen LogP contribution in [0.5, 0.6) is 11.6 Å². The number of pyridine rings is 1. The number of nitriles is 1. The van der Waals surface area contributed by atoms with E-state index in [1.165, 1.54) is 36.4 Å². The molecule has 0 atom stereocenters. The maximum atomic E-state index is 15.6. The van der Waals surface area contributed by atoms with Crippen LogP contribution in [0, 0.1) is 28.8 Å². The molecule has 8 nitrogen and oxygen atoms in total. The van der Waals surface area contributed by atoms with Gasteiger partial charge in [-0.15, -0.1) is 0 Å². The van der Waals surface area contributed by atoms with Crippen LogP contribution in [0.4, 0.5) is 13.2 Å². The van der Waals surface area contributed by atoms with Gasteiger partial charge in [0.05, 0.1) is 40.5 Å². The molecule has 0 fully saturated rings. The van der Waals surface area contributed by atoms with E-state index >= 15 is 8.78 Å². The molecular formula is C36H25F3N4O4. The van der Waals surface area contributed by atoms with Gasteiger partial charge in [-0.2, -0.15) is 5.26 Å². The van der Waals surface area contributed by atoms with Gasteiger partial charge in [-0.1, -0.05) is 30.3 Å². The fourth-order valence-corrected chi connectivity index (χ4v) is 5.08. The molecule has 6 rings (SSSR count). The summed E-state index contributed by atoms with van der Waals surface area (Å²) >= 11 is 0. The number of carboxylic acid groups (broad SMARTS) is 1. The summed E-state index contributed by atoms with van der Waals surface area (Å²) < 4.78 is 58.6. The van der Waals surface area contributed by atoms with E-state index in [4.69, 9.17) is 14.7 Å². The molecule has 0 bridgehead atoms. The lowest BCUT2D eigenvalue weighted by atomic mass is 10.0. The Labute approximate surface area is 266 Å². The first-order valence-electron chi connectivity index (χ1n) is 14.5. The lowest BCUT2D eigenvalue weighted by Crippen LogP contribution is -2.12. The van der Waals surface area contributed by atoms with E-state index in [-0.39, 0.29) is 65.6 Å². The van der Waals surface area contributed by atoms with Gasteiger partial charge < -0.3 is 19.1 Å². The summed E-state index contributed by atoms with van der Waals surface area (Å²) in [5, 5.41) is 18.5. The third-order valence-corrected chi connectivity index (χ3v) is 7.44. The highest BCUT2D eigenvalue weighted by atomic mass is 19.1. The Bertz CT molecular complexity index is 2150. The molecule has 0 aliphatic heterocycles. The van der Waals surface area contributed by atoms with Gasteiger partial charge in [0.1, 0.15) is 42.2 Å². The molecule has 0 saturated carbocycles. The first-order chi connectivity index (χ1) is 22.8. The summed E-state index contributed by atoms with van der Waals surface area (Å²) in [6, 6.07) is 26.2. The quantitative estimate of drug-likeness (QED) is 0.159. The molecule has 0 radical (unpaired) electrons. The van der Waals surface area contributed by atoms with Gasteiger partial charge in [0, 0.05) is 23.6 Å². The fourth-order valence-electron chi connectivity index (χ4n) is 5.08. The number of carbonyl (C=O) groups is 1. The fraction of sp³-hybridized carbons (Fsp3) is 0.111. The molecule has 2 aromatic heterocycles. The van der Waals surface area contributed by atoms with Gasteiger partial charge in [-0.05, 0) is 66.2 Å². The van der Waals surface area contributed by atoms with Gasteiger partial charge in [-0.25, -0.2) is 27.9 Å². The number of nitrogens with zero attached hydrogens (tertiary/aromatic N) is 4. The van der Waals surface area contributed by atoms with E-state index in [1.807, 2.05) is 24.3 Å². The topological polar surface area (TPSA) is 110 Å². The monoisotopic (exact) mass is 634 g/mol. The van der Waals surface area contributed by atoms with Crippen LogP contribution < -0.4 is 9.47 Å². The average Bonchev–Trinajstić information content (AvgIpc) is 3.42. The minimum atomic E-state index is -1.10. The number of hydrogen-bond acceptors (Lipinski definition) is 6. The number of fused-ring (bicyclic) bond motifs is 1. The largest absolute Gasteiger partial charge is 0.492 e. The highest BCUT2D eigenvalue weighted by molar-refractivity contribution is 5.92. The molecule has 2 heterocycles. The smallest absolute Gasteiger partial charge is 0.335 e. The number of benzene rings is 4. The lowest BCUT2D eigenvalue weighted by Gasteiger charge is -2.13. The highest BCUT2D eigenvalue weighted by Gasteiger charge is 2.19. The van der Waals surface area contributed by atoms with Crippen molar-refractivity contribution < 1.29 is 32.5 Å². The molecule has 0 amide bonds. The summed E-state index contributed by atoms with van der Waals surface area (Å²) in [5.74, 6) is -2.01. The molecule has 0 spiro atoms. The van der Waals surface area contributed by atoms with E-state index < -0.39 is 23.4 Å². The van der Waals surface area contributed by atoms with Crippen LogP contribution in [-0.4, -0.2) is 32.2 Å². The van der Waals surface area contributed by atoms with Crippen LogP contribution in [-0.2, 0) is 19.6 Å². The number of imidazole rings is 1. The summed E-state index contributed by atoms with van der Waals surface area (Å²) in [6.45, 7) is 0.307. The third kappa shape index (κ3) is 6.92. The summed E-state index contributed by atoms with van der Waals surface area (Å²) in [5.41, 5.74) is 1.52. The molecule has 4 aromatic carbocycles. The van der Waals surface area contributed by atoms with Crippen molar-refractivity contribution in [2.45, 2.75) is 19.6 Å². The SMILES string of the molecule is N#Cc1ccc(COc2cccc(-c3cc(F)c(Cc4nc5ccc(C(=O)O)cc5n4CCOc4ccccc4)cc3F)n2)c(F)c1. The molecule has 11 heteroatoms. The second-order valence-corrected chi connectivity index (χ2v) is 10.5. The predicted octanol–water partition coefficient (Wildman–Crippen LogP) is 7.33. The van der Waals surface area contributed by atoms with Crippen LogP contribution in [0.1, 0.15) is 32.9 Å². The molecule has 47 heavy (non-hydrogen) atoms. The number of carboxylic acids is 1. The van der Waals surface area contributed by atoms with Crippen molar-refractivity contribution in [1.29, 1.82) is 5.26 Å². The van der Waals surface area contributed by atoms with Crippen molar-refractivity contribution in [2.75, 3.05) is 6.61 Å². The molecule has 0 aliphatic carbocycles. The Morgan fingerprint density at radius 2 is 1.64 bits per heavy atom. The number of halogens is 3. The van der Waals surface area contributed by atoms with Gasteiger partial charge in [0.25, 0.3) is 0 Å². The normalized spacial score (nSPS) is 10.9. The summed E-state index contributed by atoms with van der Waals surface area (Å²) in [4.78, 5) is 20.5. The van der Waals surface area contributed by atoms with Crippen molar-refractivity contribution in [3.8, 4) is 29.0 Å². The van der Waals surface area contributed by atoms with Crippen LogP contribution in [0.3, 0.4) is 0 Å². The number of ether oxygens (including phenoxy) is 2. The van der Waals surface area contributed by atoms with Gasteiger partial charge >= 0.3 is 5.97 Å². The van der Waals surface area contributed by atoms with Crippen molar-refractivity contribution >= 4 is 17.0 Å². The summed E-state index contributed by atoms with van der Waals surface area (Å²) in [6.07, 6.45) is -0.0851. The maximum absolute atomic E-state index is 15.6. The molecule has 0 aliphatic rings. The van der Waals surface area contributed by atoms with E-state index in [2.05, 4.69) is 9.97 Å². The zero-order valence-corrected chi connectivity index (χ0v) is 24.7.